The Labute approximate surface area is 342 Å². The van der Waals surface area contributed by atoms with Gasteiger partial charge in [-0.2, -0.15) is 0 Å². The van der Waals surface area contributed by atoms with Crippen LogP contribution in [0.2, 0.25) is 0 Å². The van der Waals surface area contributed by atoms with Crippen LogP contribution in [0, 0.1) is 11.8 Å². The second kappa shape index (κ2) is 42.0. The lowest BCUT2D eigenvalue weighted by atomic mass is 10.0. The van der Waals surface area contributed by atoms with Gasteiger partial charge in [0.05, 0.1) is 0 Å². The molecule has 1 atom stereocenters. The summed E-state index contributed by atoms with van der Waals surface area (Å²) < 4.78 is 16.7. The normalized spacial score (nSPS) is 12.1. The van der Waals surface area contributed by atoms with E-state index < -0.39 is 6.10 Å². The van der Waals surface area contributed by atoms with Crippen molar-refractivity contribution in [1.82, 2.24) is 0 Å². The minimum atomic E-state index is -0.761. The van der Waals surface area contributed by atoms with Crippen LogP contribution in [0.3, 0.4) is 0 Å². The first-order valence-corrected chi connectivity index (χ1v) is 24.2. The van der Waals surface area contributed by atoms with E-state index in [1.165, 1.54) is 154 Å². The van der Waals surface area contributed by atoms with E-state index >= 15 is 0 Å². The van der Waals surface area contributed by atoms with Crippen LogP contribution >= 0.6 is 0 Å². The molecule has 55 heavy (non-hydrogen) atoms. The Morgan fingerprint density at radius 1 is 0.345 bits per heavy atom. The maximum Gasteiger partial charge on any atom is 0.306 e. The highest BCUT2D eigenvalue weighted by Gasteiger charge is 2.19. The predicted molar refractivity (Wildman–Crippen MR) is 233 cm³/mol. The van der Waals surface area contributed by atoms with E-state index in [1.54, 1.807) is 0 Å². The van der Waals surface area contributed by atoms with Crippen molar-refractivity contribution in [3.8, 4) is 0 Å². The van der Waals surface area contributed by atoms with Gasteiger partial charge in [-0.25, -0.2) is 0 Å². The lowest BCUT2D eigenvalue weighted by Crippen LogP contribution is -2.30. The lowest BCUT2D eigenvalue weighted by Gasteiger charge is -2.18. The minimum absolute atomic E-state index is 0.0652. The smallest absolute Gasteiger partial charge is 0.306 e. The fraction of sp³-hybridized carbons (Fsp3) is 0.939. The number of hydrogen-bond donors (Lipinski definition) is 0. The van der Waals surface area contributed by atoms with Gasteiger partial charge in [0.25, 0.3) is 0 Å². The fourth-order valence-electron chi connectivity index (χ4n) is 7.28. The van der Waals surface area contributed by atoms with Gasteiger partial charge in [0.1, 0.15) is 13.2 Å². The van der Waals surface area contributed by atoms with Crippen LogP contribution in [0.5, 0.6) is 0 Å². The SMILES string of the molecule is CCCCCCCCCCCCCC(=O)OC[C@H](COC(=O)CCCCCCCCCCCCCCCCC(C)C)OC(=O)CCCCCCCCC(C)C. The summed E-state index contributed by atoms with van der Waals surface area (Å²) >= 11 is 0. The van der Waals surface area contributed by atoms with Gasteiger partial charge in [-0.15, -0.1) is 0 Å². The number of hydrogen-bond acceptors (Lipinski definition) is 6. The Morgan fingerprint density at radius 2 is 0.600 bits per heavy atom. The third kappa shape index (κ3) is 43.4. The second-order valence-corrected chi connectivity index (χ2v) is 17.7. The first-order valence-electron chi connectivity index (χ1n) is 24.2. The number of carbonyl (C=O) groups excluding carboxylic acids is 3. The molecule has 0 bridgehead atoms. The quantitative estimate of drug-likeness (QED) is 0.0348. The van der Waals surface area contributed by atoms with Crippen LogP contribution in [-0.4, -0.2) is 37.2 Å². The largest absolute Gasteiger partial charge is 0.462 e. The summed E-state index contributed by atoms with van der Waals surface area (Å²) in [6.07, 6.45) is 41.0. The van der Waals surface area contributed by atoms with Gasteiger partial charge in [-0.1, -0.05) is 227 Å². The number of rotatable bonds is 43. The number of ether oxygens (including phenoxy) is 3. The average molecular weight is 779 g/mol. The Kier molecular flexibility index (Phi) is 40.8. The van der Waals surface area contributed by atoms with E-state index in [-0.39, 0.29) is 31.1 Å². The van der Waals surface area contributed by atoms with Gasteiger partial charge in [0.2, 0.25) is 0 Å². The van der Waals surface area contributed by atoms with Gasteiger partial charge in [0, 0.05) is 19.3 Å². The zero-order valence-corrected chi connectivity index (χ0v) is 37.6. The molecule has 0 amide bonds. The Bertz CT molecular complexity index is 839. The molecule has 0 fully saturated rings. The van der Waals surface area contributed by atoms with Gasteiger partial charge in [0.15, 0.2) is 6.10 Å². The molecule has 6 nitrogen and oxygen atoms in total. The van der Waals surface area contributed by atoms with Crippen molar-refractivity contribution < 1.29 is 28.6 Å². The summed E-state index contributed by atoms with van der Waals surface area (Å²) in [6.45, 7) is 11.3. The molecule has 0 unspecified atom stereocenters. The molecule has 0 aliphatic heterocycles. The van der Waals surface area contributed by atoms with Gasteiger partial charge in [-0.05, 0) is 31.1 Å². The first kappa shape index (κ1) is 53.4. The van der Waals surface area contributed by atoms with E-state index in [0.29, 0.717) is 19.3 Å². The summed E-state index contributed by atoms with van der Waals surface area (Å²) in [7, 11) is 0. The highest BCUT2D eigenvalue weighted by Crippen LogP contribution is 2.17. The maximum absolute atomic E-state index is 12.7. The minimum Gasteiger partial charge on any atom is -0.462 e. The van der Waals surface area contributed by atoms with E-state index in [0.717, 1.165) is 69.6 Å². The third-order valence-electron chi connectivity index (χ3n) is 11.0. The monoisotopic (exact) mass is 779 g/mol. The summed E-state index contributed by atoms with van der Waals surface area (Å²) in [5, 5.41) is 0. The average Bonchev–Trinajstić information content (AvgIpc) is 3.15. The molecule has 326 valence electrons. The Balaban J connectivity index is 4.24. The molecule has 0 heterocycles. The molecule has 0 aromatic carbocycles. The van der Waals surface area contributed by atoms with Crippen molar-refractivity contribution in [2.75, 3.05) is 13.2 Å². The van der Waals surface area contributed by atoms with Crippen LogP contribution in [0.4, 0.5) is 0 Å². The lowest BCUT2D eigenvalue weighted by molar-refractivity contribution is -0.167. The standard InChI is InChI=1S/C49H94O6/c1-6-7-8-9-10-11-16-20-23-29-34-39-47(50)53-42-46(55-49(52)41-36-31-26-25-28-33-38-45(4)5)43-54-48(51)40-35-30-24-21-18-15-13-12-14-17-19-22-27-32-37-44(2)3/h44-46H,6-43H2,1-5H3/t46-/m1/s1. The Morgan fingerprint density at radius 3 is 0.891 bits per heavy atom. The summed E-state index contributed by atoms with van der Waals surface area (Å²) in [5.74, 6) is 0.745. The summed E-state index contributed by atoms with van der Waals surface area (Å²) in [4.78, 5) is 37.7. The molecule has 0 saturated heterocycles. The second-order valence-electron chi connectivity index (χ2n) is 17.7. The zero-order valence-electron chi connectivity index (χ0n) is 37.6. The molecule has 0 aliphatic rings. The van der Waals surface area contributed by atoms with Crippen molar-refractivity contribution in [3.63, 3.8) is 0 Å². The highest BCUT2D eigenvalue weighted by atomic mass is 16.6. The molecule has 0 aromatic heterocycles. The Hall–Kier alpha value is -1.59. The van der Waals surface area contributed by atoms with Crippen LogP contribution in [-0.2, 0) is 28.6 Å². The topological polar surface area (TPSA) is 78.9 Å². The molecule has 0 N–H and O–H groups in total. The van der Waals surface area contributed by atoms with E-state index in [2.05, 4.69) is 34.6 Å². The van der Waals surface area contributed by atoms with E-state index in [1.807, 2.05) is 0 Å². The molecule has 0 saturated carbocycles. The zero-order chi connectivity index (χ0) is 40.5. The molecule has 0 radical (unpaired) electrons. The van der Waals surface area contributed by atoms with Gasteiger partial charge in [-0.3, -0.25) is 14.4 Å². The summed E-state index contributed by atoms with van der Waals surface area (Å²) in [6, 6.07) is 0. The molecule has 0 aliphatic carbocycles. The van der Waals surface area contributed by atoms with Crippen molar-refractivity contribution in [1.29, 1.82) is 0 Å². The van der Waals surface area contributed by atoms with Crippen molar-refractivity contribution in [3.05, 3.63) is 0 Å². The molecule has 0 rings (SSSR count). The van der Waals surface area contributed by atoms with Crippen LogP contribution < -0.4 is 0 Å². The molecular formula is C49H94O6. The highest BCUT2D eigenvalue weighted by molar-refractivity contribution is 5.71. The molecule has 0 spiro atoms. The summed E-state index contributed by atoms with van der Waals surface area (Å²) in [5.41, 5.74) is 0. The van der Waals surface area contributed by atoms with Crippen LogP contribution in [0.1, 0.15) is 266 Å². The third-order valence-corrected chi connectivity index (χ3v) is 11.0. The fourth-order valence-corrected chi connectivity index (χ4v) is 7.28. The number of esters is 3. The predicted octanol–water partition coefficient (Wildman–Crippen LogP) is 15.4. The van der Waals surface area contributed by atoms with Crippen LogP contribution in [0.25, 0.3) is 0 Å². The van der Waals surface area contributed by atoms with Gasteiger partial charge >= 0.3 is 17.9 Å². The number of unbranched alkanes of at least 4 members (excludes halogenated alkanes) is 28. The number of carbonyl (C=O) groups is 3. The maximum atomic E-state index is 12.7. The van der Waals surface area contributed by atoms with Gasteiger partial charge < -0.3 is 14.2 Å². The molecular weight excluding hydrogens is 685 g/mol. The van der Waals surface area contributed by atoms with Crippen molar-refractivity contribution in [2.45, 2.75) is 272 Å². The van der Waals surface area contributed by atoms with Crippen LogP contribution in [0.15, 0.2) is 0 Å². The van der Waals surface area contributed by atoms with Crippen molar-refractivity contribution in [2.24, 2.45) is 11.8 Å². The molecule has 0 aromatic rings. The first-order chi connectivity index (χ1) is 26.7. The van der Waals surface area contributed by atoms with Crippen molar-refractivity contribution >= 4 is 17.9 Å². The van der Waals surface area contributed by atoms with E-state index in [4.69, 9.17) is 14.2 Å². The molecule has 6 heteroatoms. The van der Waals surface area contributed by atoms with E-state index in [9.17, 15) is 14.4 Å².